The molecule has 0 atom stereocenters. The van der Waals surface area contributed by atoms with E-state index in [0.717, 1.165) is 146 Å². The number of amides is 4. The highest BCUT2D eigenvalue weighted by Crippen LogP contribution is 2.38. The Morgan fingerprint density at radius 1 is 0.333 bits per heavy atom. The Kier molecular flexibility index (Phi) is 24.3. The minimum absolute atomic E-state index is 0.0589. The molecule has 0 aliphatic heterocycles. The number of hydrogen-bond acceptors (Lipinski definition) is 12. The number of aryl methyl sites for hydroxylation is 12. The van der Waals surface area contributed by atoms with Gasteiger partial charge in [-0.1, -0.05) is 161 Å². The molecule has 0 unspecified atom stereocenters. The fraction of sp³-hybridized carbons (Fsp3) is 0.218. The number of fused-ring (bicyclic) bond motifs is 12. The van der Waals surface area contributed by atoms with Gasteiger partial charge in [0.25, 0.3) is 5.91 Å². The van der Waals surface area contributed by atoms with Crippen LogP contribution in [0, 0.1) is 44.3 Å². The smallest absolute Gasteiger partial charge is 0.256 e. The molecule has 4 N–H and O–H groups in total. The molecule has 4 aromatic heterocycles. The molecular weight excluding hydrogens is 1540 g/mol. The van der Waals surface area contributed by atoms with E-state index in [1.807, 2.05) is 118 Å². The van der Waals surface area contributed by atoms with Crippen molar-refractivity contribution in [2.24, 2.45) is 0 Å². The van der Waals surface area contributed by atoms with Crippen molar-refractivity contribution in [2.45, 2.75) is 124 Å². The zero-order valence-electron chi connectivity index (χ0n) is 61.0. The summed E-state index contributed by atoms with van der Waals surface area (Å²) in [7, 11) is 0. The summed E-state index contributed by atoms with van der Waals surface area (Å²) in [6.45, 7) is 7.82. The molecule has 4 aliphatic rings. The van der Waals surface area contributed by atoms with Gasteiger partial charge in [-0.2, -0.15) is 0 Å². The number of rotatable bonds is 15. The number of carbonyl (C=O) groups is 4. The monoisotopic (exact) mass is 1610 g/mol. The van der Waals surface area contributed by atoms with Crippen LogP contribution in [0.5, 0.6) is 0 Å². The van der Waals surface area contributed by atoms with Crippen molar-refractivity contribution >= 4 is 69.5 Å². The van der Waals surface area contributed by atoms with Crippen molar-refractivity contribution in [3.8, 4) is 45.0 Å². The summed E-state index contributed by atoms with van der Waals surface area (Å²) < 4.78 is 95.3. The van der Waals surface area contributed by atoms with E-state index in [4.69, 9.17) is 24.9 Å². The van der Waals surface area contributed by atoms with Crippen molar-refractivity contribution in [3.05, 3.63) is 304 Å². The Bertz CT molecular complexity index is 5550. The van der Waals surface area contributed by atoms with E-state index in [9.17, 15) is 49.9 Å². The summed E-state index contributed by atoms with van der Waals surface area (Å²) >= 11 is 2.26. The van der Waals surface area contributed by atoms with E-state index in [1.165, 1.54) is 22.8 Å². The summed E-state index contributed by atoms with van der Waals surface area (Å²) in [5, 5.41) is 11.1. The van der Waals surface area contributed by atoms with Crippen molar-refractivity contribution in [3.63, 3.8) is 0 Å². The lowest BCUT2D eigenvalue weighted by molar-refractivity contribution is -0.116. The molecular formula is C87H74F7IN12O4. The molecule has 0 radical (unpaired) electrons. The lowest BCUT2D eigenvalue weighted by Gasteiger charge is -2.20. The largest absolute Gasteiger partial charge is 0.309 e. The van der Waals surface area contributed by atoms with Gasteiger partial charge >= 0.3 is 0 Å². The molecule has 4 heterocycles. The van der Waals surface area contributed by atoms with Crippen LogP contribution in [0.15, 0.2) is 170 Å². The quantitative estimate of drug-likeness (QED) is 0.0326. The minimum Gasteiger partial charge on any atom is -0.309 e. The summed E-state index contributed by atoms with van der Waals surface area (Å²) in [6, 6.07) is 53.3. The van der Waals surface area contributed by atoms with Crippen LogP contribution in [0.25, 0.3) is 45.0 Å². The van der Waals surface area contributed by atoms with Crippen molar-refractivity contribution in [1.82, 2.24) is 39.9 Å². The van der Waals surface area contributed by atoms with E-state index in [1.54, 1.807) is 19.1 Å². The first-order valence-electron chi connectivity index (χ1n) is 36.6. The molecule has 0 spiro atoms. The van der Waals surface area contributed by atoms with Gasteiger partial charge in [0.1, 0.15) is 0 Å². The number of nitrogens with one attached hydrogen (secondary N) is 4. The summed E-state index contributed by atoms with van der Waals surface area (Å²) in [5.74, 6) is -12.2. The number of carbonyl (C=O) groups excluding carboxylic acids is 4. The maximum absolute atomic E-state index is 13.9. The predicted octanol–water partition coefficient (Wildman–Crippen LogP) is 17.6. The summed E-state index contributed by atoms with van der Waals surface area (Å²) in [6.07, 6.45) is 8.25. The molecule has 0 saturated carbocycles. The maximum atomic E-state index is 13.9. The van der Waals surface area contributed by atoms with Crippen LogP contribution in [0.1, 0.15) is 123 Å². The first kappa shape index (κ1) is 77.4. The van der Waals surface area contributed by atoms with Gasteiger partial charge in [-0.25, -0.2) is 70.6 Å². The highest BCUT2D eigenvalue weighted by Gasteiger charge is 2.30. The molecule has 16 nitrogen and oxygen atoms in total. The van der Waals surface area contributed by atoms with E-state index in [0.29, 0.717) is 83.5 Å². The molecule has 4 amide bonds. The Labute approximate surface area is 649 Å². The van der Waals surface area contributed by atoms with Gasteiger partial charge < -0.3 is 21.3 Å². The van der Waals surface area contributed by atoms with E-state index in [2.05, 4.69) is 101 Å². The zero-order valence-corrected chi connectivity index (χ0v) is 63.2. The average molecular weight is 1610 g/mol. The molecule has 8 aromatic carbocycles. The number of hydrogen-bond donors (Lipinski definition) is 4. The Morgan fingerprint density at radius 3 is 1.01 bits per heavy atom. The third-order valence-corrected chi connectivity index (χ3v) is 20.1. The third kappa shape index (κ3) is 17.6. The fourth-order valence-electron chi connectivity index (χ4n) is 13.7. The minimum atomic E-state index is -2.27. The Morgan fingerprint density at radius 2 is 0.649 bits per heavy atom. The van der Waals surface area contributed by atoms with Crippen LogP contribution in [0.2, 0.25) is 0 Å². The third-order valence-electron chi connectivity index (χ3n) is 19.4. The topological polar surface area (TPSA) is 220 Å². The van der Waals surface area contributed by atoms with Crippen LogP contribution in [-0.4, -0.2) is 63.5 Å². The lowest BCUT2D eigenvalue weighted by atomic mass is 9.92. The molecule has 24 heteroatoms. The van der Waals surface area contributed by atoms with Gasteiger partial charge in [-0.15, -0.1) is 0 Å². The van der Waals surface area contributed by atoms with Gasteiger partial charge in [0.05, 0.1) is 87.6 Å². The SMILES string of the molecule is CCc1nc2c(nc1NC(=O)Cc1c(F)c(F)c(F)c(F)c1F)CCc1ccccc1-2.CCc1nc2c(nc1NC(=O)Cc1ccc(F)c(F)c1)CCc1ccccc1-2.CCc1nc2c(nc1NC(=O)Cc1ccc(I)cc1)CCc1ccccc1-2.CCc1nc2c(nc1NC(=O)c1ccccc1)CCc1ccccc1-2. The summed E-state index contributed by atoms with van der Waals surface area (Å²) in [5.41, 5.74) is 19.9. The average Bonchev–Trinajstić information content (AvgIpc) is 0.793. The molecule has 111 heavy (non-hydrogen) atoms. The van der Waals surface area contributed by atoms with Crippen molar-refractivity contribution in [2.75, 3.05) is 21.3 Å². The second-order valence-corrected chi connectivity index (χ2v) is 28.0. The number of anilines is 4. The molecule has 0 fully saturated rings. The zero-order chi connectivity index (χ0) is 78.0. The number of halogens is 8. The lowest BCUT2D eigenvalue weighted by Crippen LogP contribution is -2.21. The van der Waals surface area contributed by atoms with Crippen LogP contribution in [0.4, 0.5) is 54.0 Å². The van der Waals surface area contributed by atoms with Crippen molar-refractivity contribution < 1.29 is 49.9 Å². The molecule has 562 valence electrons. The molecule has 0 saturated heterocycles. The number of benzene rings is 8. The maximum Gasteiger partial charge on any atom is 0.256 e. The molecule has 16 rings (SSSR count). The molecule has 0 bridgehead atoms. The van der Waals surface area contributed by atoms with Crippen LogP contribution >= 0.6 is 22.6 Å². The van der Waals surface area contributed by atoms with Gasteiger partial charge in [0, 0.05) is 37.0 Å². The van der Waals surface area contributed by atoms with Crippen LogP contribution < -0.4 is 21.3 Å². The first-order valence-corrected chi connectivity index (χ1v) is 37.7. The van der Waals surface area contributed by atoms with Crippen molar-refractivity contribution in [1.29, 1.82) is 0 Å². The van der Waals surface area contributed by atoms with Gasteiger partial charge in [0.15, 0.2) is 58.2 Å². The standard InChI is InChI=1S/C22H16F5N3O.C22H19F2N3O.C22H20IN3O.C21H19N3O/c1-2-13-22(29-14-8-7-10-5-3-4-6-11(10)21(14)28-13)30-15(31)9-12-16(23)18(25)20(27)19(26)17(12)24;1-2-18-22(27-20(28)12-13-7-9-16(23)17(24)11-13)26-19-10-8-14-5-3-4-6-15(14)21(19)25-18;1-2-18-22(26-20(27)13-14-7-10-16(23)11-8-14)25-19-12-9-15-5-3-4-6-17(15)21(19)24-18;1-2-17-20(24-21(25)15-9-4-3-5-10-15)23-18-13-12-14-8-6-7-11-16(14)19(18)22-17/h3-6H,2,7-9H2,1H3,(H,29,30,31);3-7,9,11H,2,8,10,12H2,1H3,(H,26,27,28);3-8,10-11H,2,9,12-13H2,1H3,(H,25,26,27);3-11H,2,12-13H2,1H3,(H,23,24,25). The second kappa shape index (κ2) is 34.8. The van der Waals surface area contributed by atoms with E-state index < -0.39 is 58.6 Å². The first-order chi connectivity index (χ1) is 53.8. The molecule has 12 aromatic rings. The molecule has 4 aliphatic carbocycles. The van der Waals surface area contributed by atoms with Crippen LogP contribution in [0.3, 0.4) is 0 Å². The fourth-order valence-corrected chi connectivity index (χ4v) is 14.1. The highest BCUT2D eigenvalue weighted by molar-refractivity contribution is 14.1. The van der Waals surface area contributed by atoms with E-state index in [-0.39, 0.29) is 30.0 Å². The normalized spacial score (nSPS) is 12.3. The number of aromatic nitrogens is 8. The Hall–Kier alpha value is -11.8. The van der Waals surface area contributed by atoms with E-state index >= 15 is 0 Å². The second-order valence-electron chi connectivity index (χ2n) is 26.7. The van der Waals surface area contributed by atoms with Crippen LogP contribution in [-0.2, 0) is 111 Å². The van der Waals surface area contributed by atoms with Gasteiger partial charge in [-0.3, -0.25) is 19.2 Å². The van der Waals surface area contributed by atoms with Gasteiger partial charge in [0.2, 0.25) is 23.5 Å². The predicted molar refractivity (Wildman–Crippen MR) is 420 cm³/mol. The number of nitrogens with zero attached hydrogens (tertiary/aromatic N) is 8. The van der Waals surface area contributed by atoms with Gasteiger partial charge in [-0.05, 0) is 169 Å². The highest BCUT2D eigenvalue weighted by atomic mass is 127. The Balaban J connectivity index is 0.000000130. The summed E-state index contributed by atoms with van der Waals surface area (Å²) in [4.78, 5) is 87.6.